The fourth-order valence-electron chi connectivity index (χ4n) is 2.28. The Morgan fingerprint density at radius 3 is 2.78 bits per heavy atom. The molecular weight excluding hydrogens is 403 g/mol. The number of H-pyrrole nitrogens is 1. The van der Waals surface area contributed by atoms with E-state index in [-0.39, 0.29) is 22.2 Å². The Morgan fingerprint density at radius 1 is 1.44 bits per heavy atom. The molecular formula is C14H10F2N5O4PS. The number of carbonyl (C=O) groups is 1. The number of alkyl halides is 2. The Kier molecular flexibility index (Phi) is 4.79. The van der Waals surface area contributed by atoms with E-state index < -0.39 is 29.6 Å². The summed E-state index contributed by atoms with van der Waals surface area (Å²) in [6, 6.07) is 5.46. The number of fused-ring (bicyclic) bond motifs is 1. The maximum Gasteiger partial charge on any atom is 0.400 e. The quantitative estimate of drug-likeness (QED) is 0.467. The highest BCUT2D eigenvalue weighted by molar-refractivity contribution is 7.53. The molecule has 0 bridgehead atoms. The molecule has 2 aromatic heterocycles. The number of halogens is 2. The van der Waals surface area contributed by atoms with Crippen LogP contribution in [0.15, 0.2) is 24.5 Å². The third-order valence-corrected chi connectivity index (χ3v) is 5.93. The first kappa shape index (κ1) is 19.1. The number of nitrogens with one attached hydrogen (secondary N) is 2. The summed E-state index contributed by atoms with van der Waals surface area (Å²) in [7, 11) is -5.83. The van der Waals surface area contributed by atoms with Crippen molar-refractivity contribution in [3.63, 3.8) is 0 Å². The molecule has 27 heavy (non-hydrogen) atoms. The number of carbonyl (C=O) groups excluding carboxylic acids is 1. The van der Waals surface area contributed by atoms with Crippen molar-refractivity contribution in [3.05, 3.63) is 46.4 Å². The average Bonchev–Trinajstić information content (AvgIpc) is 3.25. The largest absolute Gasteiger partial charge is 0.400 e. The van der Waals surface area contributed by atoms with E-state index in [4.69, 9.17) is 9.79 Å². The number of nitrogens with zero attached hydrogens (tertiary/aromatic N) is 3. The number of thiophene rings is 1. The third kappa shape index (κ3) is 3.45. The van der Waals surface area contributed by atoms with Crippen molar-refractivity contribution in [3.8, 4) is 6.07 Å². The monoisotopic (exact) mass is 413 g/mol. The van der Waals surface area contributed by atoms with Gasteiger partial charge in [0.2, 0.25) is 0 Å². The molecule has 0 saturated heterocycles. The topological polar surface area (TPSA) is 152 Å². The molecule has 140 valence electrons. The number of nitriles is 1. The van der Waals surface area contributed by atoms with E-state index in [1.54, 1.807) is 6.07 Å². The second kappa shape index (κ2) is 6.79. The van der Waals surface area contributed by atoms with Gasteiger partial charge < -0.3 is 15.1 Å². The van der Waals surface area contributed by atoms with Crippen molar-refractivity contribution in [2.24, 2.45) is 0 Å². The molecule has 1 amide bonds. The van der Waals surface area contributed by atoms with E-state index in [9.17, 15) is 23.4 Å². The first-order valence-corrected chi connectivity index (χ1v) is 9.61. The number of rotatable bonds is 5. The highest BCUT2D eigenvalue weighted by Gasteiger charge is 2.53. The second-order valence-corrected chi connectivity index (χ2v) is 8.03. The van der Waals surface area contributed by atoms with E-state index >= 15 is 0 Å². The standard InChI is InChI=1S/C14H10F2N5O4PS/c15-14(16,26(23,24)25)12-9(4-17)8-3-7(1-2-10(8)27-12)13(22)18-5-11-19-6-20-21-11/h1-3,6H,5H2,(H,18,22)(H,19,20,21)(H2,23,24,25). The molecule has 0 aliphatic heterocycles. The van der Waals surface area contributed by atoms with E-state index in [1.165, 1.54) is 24.5 Å². The second-order valence-electron chi connectivity index (χ2n) is 5.33. The van der Waals surface area contributed by atoms with Gasteiger partial charge in [0.1, 0.15) is 23.1 Å². The van der Waals surface area contributed by atoms with Gasteiger partial charge in [-0.15, -0.1) is 11.3 Å². The number of benzene rings is 1. The Labute approximate surface area is 153 Å². The van der Waals surface area contributed by atoms with Crippen molar-refractivity contribution in [1.29, 1.82) is 5.26 Å². The van der Waals surface area contributed by atoms with Gasteiger partial charge in [-0.05, 0) is 18.2 Å². The predicted octanol–water partition coefficient (Wildman–Crippen LogP) is 2.05. The molecule has 3 aromatic rings. The van der Waals surface area contributed by atoms with Crippen LogP contribution in [0.4, 0.5) is 8.78 Å². The molecule has 13 heteroatoms. The van der Waals surface area contributed by atoms with Crippen molar-refractivity contribution < 1.29 is 27.9 Å². The summed E-state index contributed by atoms with van der Waals surface area (Å²) in [5.74, 6) is -0.145. The van der Waals surface area contributed by atoms with Gasteiger partial charge in [-0.25, -0.2) is 4.98 Å². The van der Waals surface area contributed by atoms with Crippen LogP contribution >= 0.6 is 18.9 Å². The highest BCUT2D eigenvalue weighted by Crippen LogP contribution is 2.62. The molecule has 0 spiro atoms. The minimum absolute atomic E-state index is 0.0120. The van der Waals surface area contributed by atoms with Crippen LogP contribution in [0.25, 0.3) is 10.1 Å². The van der Waals surface area contributed by atoms with E-state index in [1.807, 2.05) is 0 Å². The Morgan fingerprint density at radius 2 is 2.19 bits per heavy atom. The normalized spacial score (nSPS) is 12.1. The van der Waals surface area contributed by atoms with Crippen LogP contribution in [-0.4, -0.2) is 30.9 Å². The number of hydrogen-bond acceptors (Lipinski definition) is 6. The summed E-state index contributed by atoms with van der Waals surface area (Å²) in [6.45, 7) is 0.0488. The summed E-state index contributed by atoms with van der Waals surface area (Å²) in [6.07, 6.45) is 1.26. The van der Waals surface area contributed by atoms with Gasteiger partial charge in [-0.2, -0.15) is 19.1 Å². The van der Waals surface area contributed by atoms with Gasteiger partial charge in [0.25, 0.3) is 5.91 Å². The zero-order chi connectivity index (χ0) is 19.8. The first-order valence-electron chi connectivity index (χ1n) is 7.18. The molecule has 0 fully saturated rings. The molecule has 0 atom stereocenters. The molecule has 2 heterocycles. The summed E-state index contributed by atoms with van der Waals surface area (Å²) < 4.78 is 39.5. The van der Waals surface area contributed by atoms with Gasteiger partial charge >= 0.3 is 13.3 Å². The van der Waals surface area contributed by atoms with Gasteiger partial charge in [0, 0.05) is 15.6 Å². The maximum absolute atomic E-state index is 14.1. The molecule has 9 nitrogen and oxygen atoms in total. The molecule has 0 aliphatic carbocycles. The van der Waals surface area contributed by atoms with Crippen LogP contribution in [0.2, 0.25) is 0 Å². The third-order valence-electron chi connectivity index (χ3n) is 3.58. The van der Waals surface area contributed by atoms with Crippen molar-refractivity contribution in [1.82, 2.24) is 20.5 Å². The van der Waals surface area contributed by atoms with E-state index in [0.29, 0.717) is 17.2 Å². The Hall–Kier alpha value is -2.71. The zero-order valence-corrected chi connectivity index (χ0v) is 14.9. The average molecular weight is 413 g/mol. The van der Waals surface area contributed by atoms with Gasteiger partial charge in [-0.1, -0.05) is 0 Å². The minimum atomic E-state index is -5.83. The zero-order valence-electron chi connectivity index (χ0n) is 13.2. The fraction of sp³-hybridized carbons (Fsp3) is 0.143. The molecule has 0 aliphatic rings. The Bertz CT molecular complexity index is 1100. The lowest BCUT2D eigenvalue weighted by Crippen LogP contribution is -2.23. The lowest BCUT2D eigenvalue weighted by molar-refractivity contribution is 0.0599. The van der Waals surface area contributed by atoms with Crippen LogP contribution in [0.5, 0.6) is 0 Å². The predicted molar refractivity (Wildman–Crippen MR) is 90.0 cm³/mol. The number of aromatic amines is 1. The summed E-state index contributed by atoms with van der Waals surface area (Å²) in [5, 5.41) is 18.0. The lowest BCUT2D eigenvalue weighted by Gasteiger charge is -2.16. The van der Waals surface area contributed by atoms with Crippen LogP contribution in [-0.2, 0) is 16.8 Å². The lowest BCUT2D eigenvalue weighted by atomic mass is 10.1. The summed E-state index contributed by atoms with van der Waals surface area (Å²) in [4.78, 5) is 32.9. The summed E-state index contributed by atoms with van der Waals surface area (Å²) in [5.41, 5.74) is -4.99. The first-order chi connectivity index (χ1) is 12.6. The number of hydrogen-bond donors (Lipinski definition) is 4. The molecule has 4 N–H and O–H groups in total. The van der Waals surface area contributed by atoms with Gasteiger partial charge in [0.05, 0.1) is 12.1 Å². The molecule has 0 unspecified atom stereocenters. The van der Waals surface area contributed by atoms with Crippen molar-refractivity contribution in [2.45, 2.75) is 12.2 Å². The van der Waals surface area contributed by atoms with E-state index in [0.717, 1.165) is 0 Å². The maximum atomic E-state index is 14.1. The number of amides is 1. The van der Waals surface area contributed by atoms with Crippen molar-refractivity contribution >= 4 is 34.9 Å². The molecule has 1 aromatic carbocycles. The molecule has 0 saturated carbocycles. The fourth-order valence-corrected chi connectivity index (χ4v) is 4.15. The van der Waals surface area contributed by atoms with Crippen LogP contribution < -0.4 is 5.32 Å². The smallest absolute Gasteiger partial charge is 0.345 e. The molecule has 0 radical (unpaired) electrons. The van der Waals surface area contributed by atoms with Crippen LogP contribution in [0.3, 0.4) is 0 Å². The van der Waals surface area contributed by atoms with Crippen LogP contribution in [0.1, 0.15) is 26.6 Å². The van der Waals surface area contributed by atoms with Gasteiger partial charge in [-0.3, -0.25) is 14.5 Å². The molecule has 3 rings (SSSR count). The number of aromatic nitrogens is 3. The van der Waals surface area contributed by atoms with Gasteiger partial charge in [0.15, 0.2) is 0 Å². The summed E-state index contributed by atoms with van der Waals surface area (Å²) >= 11 is 0.394. The SMILES string of the molecule is N#Cc1c(C(F)(F)P(=O)(O)O)sc2ccc(C(=O)NCc3ncn[nH]3)cc12. The minimum Gasteiger partial charge on any atom is -0.345 e. The van der Waals surface area contributed by atoms with Crippen molar-refractivity contribution in [2.75, 3.05) is 0 Å². The highest BCUT2D eigenvalue weighted by atomic mass is 32.1. The Balaban J connectivity index is 1.99. The van der Waals surface area contributed by atoms with E-state index in [2.05, 4.69) is 20.5 Å². The van der Waals surface area contributed by atoms with Crippen LogP contribution in [0, 0.1) is 11.3 Å².